The van der Waals surface area contributed by atoms with Crippen LogP contribution in [0.2, 0.25) is 0 Å². The first-order valence-corrected chi connectivity index (χ1v) is 9.40. The molecule has 6 heteroatoms. The number of aryl methyl sites for hydroxylation is 1. The van der Waals surface area contributed by atoms with E-state index >= 15 is 0 Å². The second kappa shape index (κ2) is 7.13. The number of sulfone groups is 1. The fourth-order valence-corrected chi connectivity index (χ4v) is 3.20. The zero-order valence-electron chi connectivity index (χ0n) is 13.8. The van der Waals surface area contributed by atoms with Crippen LogP contribution in [0, 0.1) is 12.7 Å². The molecule has 128 valence electrons. The predicted octanol–water partition coefficient (Wildman–Crippen LogP) is 2.96. The Labute approximate surface area is 141 Å². The Morgan fingerprint density at radius 3 is 2.50 bits per heavy atom. The Morgan fingerprint density at radius 1 is 1.21 bits per heavy atom. The molecule has 0 spiro atoms. The summed E-state index contributed by atoms with van der Waals surface area (Å²) in [5, 5.41) is 2.79. The molecule has 0 aliphatic rings. The van der Waals surface area contributed by atoms with Gasteiger partial charge < -0.3 is 5.32 Å². The van der Waals surface area contributed by atoms with Crippen LogP contribution in [0.1, 0.15) is 29.7 Å². The molecule has 0 unspecified atom stereocenters. The molecule has 0 bridgehead atoms. The highest BCUT2D eigenvalue weighted by Crippen LogP contribution is 2.20. The highest BCUT2D eigenvalue weighted by Gasteiger charge is 2.17. The van der Waals surface area contributed by atoms with E-state index in [0.717, 1.165) is 23.4 Å². The SMILES string of the molecule is Cc1cccc(CC(=O)N[C@@H](C)c2ccc(S(C)(=O)=O)c(F)c2)c1. The van der Waals surface area contributed by atoms with Crippen LogP contribution in [-0.4, -0.2) is 20.6 Å². The third-order valence-corrected chi connectivity index (χ3v) is 4.81. The van der Waals surface area contributed by atoms with Crippen molar-refractivity contribution in [3.63, 3.8) is 0 Å². The van der Waals surface area contributed by atoms with Gasteiger partial charge in [0.1, 0.15) is 10.7 Å². The minimum absolute atomic E-state index is 0.180. The van der Waals surface area contributed by atoms with Crippen LogP contribution in [0.5, 0.6) is 0 Å². The summed E-state index contributed by atoms with van der Waals surface area (Å²) in [6, 6.07) is 11.1. The van der Waals surface area contributed by atoms with Crippen LogP contribution in [-0.2, 0) is 21.1 Å². The lowest BCUT2D eigenvalue weighted by Crippen LogP contribution is -2.28. The number of carbonyl (C=O) groups is 1. The number of amides is 1. The number of halogens is 1. The van der Waals surface area contributed by atoms with E-state index in [1.807, 2.05) is 31.2 Å². The van der Waals surface area contributed by atoms with Gasteiger partial charge in [0.2, 0.25) is 5.91 Å². The van der Waals surface area contributed by atoms with Crippen molar-refractivity contribution >= 4 is 15.7 Å². The summed E-state index contributed by atoms with van der Waals surface area (Å²) in [7, 11) is -3.61. The van der Waals surface area contributed by atoms with Crippen molar-refractivity contribution in [3.8, 4) is 0 Å². The van der Waals surface area contributed by atoms with Crippen molar-refractivity contribution in [2.45, 2.75) is 31.2 Å². The topological polar surface area (TPSA) is 63.2 Å². The first-order valence-electron chi connectivity index (χ1n) is 7.51. The normalized spacial score (nSPS) is 12.7. The molecule has 24 heavy (non-hydrogen) atoms. The van der Waals surface area contributed by atoms with Gasteiger partial charge in [-0.05, 0) is 37.1 Å². The molecule has 0 heterocycles. The predicted molar refractivity (Wildman–Crippen MR) is 91.0 cm³/mol. The van der Waals surface area contributed by atoms with E-state index in [-0.39, 0.29) is 17.2 Å². The monoisotopic (exact) mass is 349 g/mol. The molecule has 2 aromatic carbocycles. The Kier molecular flexibility index (Phi) is 5.39. The lowest BCUT2D eigenvalue weighted by molar-refractivity contribution is -0.121. The Morgan fingerprint density at radius 2 is 1.92 bits per heavy atom. The minimum atomic E-state index is -3.61. The van der Waals surface area contributed by atoms with Crippen molar-refractivity contribution in [3.05, 3.63) is 65.0 Å². The third kappa shape index (κ3) is 4.64. The van der Waals surface area contributed by atoms with Gasteiger partial charge >= 0.3 is 0 Å². The molecule has 4 nitrogen and oxygen atoms in total. The largest absolute Gasteiger partial charge is 0.349 e. The molecule has 0 radical (unpaired) electrons. The second-order valence-electron chi connectivity index (χ2n) is 5.92. The van der Waals surface area contributed by atoms with Crippen molar-refractivity contribution in [2.24, 2.45) is 0 Å². The van der Waals surface area contributed by atoms with Crippen LogP contribution in [0.15, 0.2) is 47.4 Å². The van der Waals surface area contributed by atoms with E-state index in [9.17, 15) is 17.6 Å². The van der Waals surface area contributed by atoms with E-state index in [1.165, 1.54) is 12.1 Å². The maximum atomic E-state index is 13.9. The van der Waals surface area contributed by atoms with Crippen molar-refractivity contribution < 1.29 is 17.6 Å². The molecule has 1 amide bonds. The molecular weight excluding hydrogens is 329 g/mol. The van der Waals surface area contributed by atoms with E-state index < -0.39 is 21.7 Å². The molecule has 2 rings (SSSR count). The highest BCUT2D eigenvalue weighted by molar-refractivity contribution is 7.90. The number of rotatable bonds is 5. The molecule has 0 aromatic heterocycles. The van der Waals surface area contributed by atoms with Crippen LogP contribution < -0.4 is 5.32 Å². The summed E-state index contributed by atoms with van der Waals surface area (Å²) >= 11 is 0. The van der Waals surface area contributed by atoms with Gasteiger partial charge in [-0.25, -0.2) is 12.8 Å². The lowest BCUT2D eigenvalue weighted by atomic mass is 10.1. The molecule has 0 saturated carbocycles. The van der Waals surface area contributed by atoms with Gasteiger partial charge in [-0.3, -0.25) is 4.79 Å². The van der Waals surface area contributed by atoms with Crippen LogP contribution in [0.25, 0.3) is 0 Å². The molecule has 2 aromatic rings. The van der Waals surface area contributed by atoms with Gasteiger partial charge in [0.25, 0.3) is 0 Å². The molecule has 1 atom stereocenters. The van der Waals surface area contributed by atoms with E-state index in [4.69, 9.17) is 0 Å². The first-order chi connectivity index (χ1) is 11.2. The summed E-state index contributed by atoms with van der Waals surface area (Å²) in [6.07, 6.45) is 1.19. The van der Waals surface area contributed by atoms with Gasteiger partial charge in [-0.2, -0.15) is 0 Å². The fourth-order valence-electron chi connectivity index (χ4n) is 2.47. The van der Waals surface area contributed by atoms with Gasteiger partial charge in [0.05, 0.1) is 12.5 Å². The van der Waals surface area contributed by atoms with Crippen molar-refractivity contribution in [1.82, 2.24) is 5.32 Å². The standard InChI is InChI=1S/C18H20FNO3S/c1-12-5-4-6-14(9-12)10-18(21)20-13(2)15-7-8-17(16(19)11-15)24(3,22)23/h4-9,11,13H,10H2,1-3H3,(H,20,21)/t13-/m0/s1. The second-order valence-corrected chi connectivity index (χ2v) is 7.90. The van der Waals surface area contributed by atoms with Gasteiger partial charge in [0, 0.05) is 6.26 Å². The number of carbonyl (C=O) groups excluding carboxylic acids is 1. The van der Waals surface area contributed by atoms with Crippen LogP contribution in [0.4, 0.5) is 4.39 Å². The molecule has 0 aliphatic heterocycles. The maximum absolute atomic E-state index is 13.9. The number of hydrogen-bond acceptors (Lipinski definition) is 3. The first kappa shape index (κ1) is 18.1. The third-order valence-electron chi connectivity index (χ3n) is 3.68. The summed E-state index contributed by atoms with van der Waals surface area (Å²) in [5.74, 6) is -0.990. The van der Waals surface area contributed by atoms with E-state index in [2.05, 4.69) is 5.32 Å². The molecule has 0 fully saturated rings. The summed E-state index contributed by atoms with van der Waals surface area (Å²) in [4.78, 5) is 11.8. The summed E-state index contributed by atoms with van der Waals surface area (Å²) in [5.41, 5.74) is 2.49. The minimum Gasteiger partial charge on any atom is -0.349 e. The van der Waals surface area contributed by atoms with Crippen molar-refractivity contribution in [2.75, 3.05) is 6.26 Å². The quantitative estimate of drug-likeness (QED) is 0.903. The molecule has 0 saturated heterocycles. The molecular formula is C18H20FNO3S. The lowest BCUT2D eigenvalue weighted by Gasteiger charge is -2.15. The zero-order chi connectivity index (χ0) is 17.9. The van der Waals surface area contributed by atoms with E-state index in [1.54, 1.807) is 6.92 Å². The highest BCUT2D eigenvalue weighted by atomic mass is 32.2. The fraction of sp³-hybridized carbons (Fsp3) is 0.278. The Hall–Kier alpha value is -2.21. The number of hydrogen-bond donors (Lipinski definition) is 1. The van der Waals surface area contributed by atoms with Gasteiger partial charge in [-0.15, -0.1) is 0 Å². The van der Waals surface area contributed by atoms with Crippen molar-refractivity contribution in [1.29, 1.82) is 0 Å². The Balaban J connectivity index is 2.08. The zero-order valence-corrected chi connectivity index (χ0v) is 14.7. The summed E-state index contributed by atoms with van der Waals surface area (Å²) < 4.78 is 36.8. The van der Waals surface area contributed by atoms with Crippen LogP contribution in [0.3, 0.4) is 0 Å². The molecule has 0 aliphatic carbocycles. The van der Waals surface area contributed by atoms with Crippen LogP contribution >= 0.6 is 0 Å². The van der Waals surface area contributed by atoms with Gasteiger partial charge in [-0.1, -0.05) is 35.9 Å². The average molecular weight is 349 g/mol. The summed E-state index contributed by atoms with van der Waals surface area (Å²) in [6.45, 7) is 3.68. The number of nitrogens with one attached hydrogen (secondary N) is 1. The number of benzene rings is 2. The smallest absolute Gasteiger partial charge is 0.224 e. The van der Waals surface area contributed by atoms with E-state index in [0.29, 0.717) is 5.56 Å². The maximum Gasteiger partial charge on any atom is 0.224 e. The Bertz CT molecular complexity index is 862. The molecule has 1 N–H and O–H groups in total. The van der Waals surface area contributed by atoms with Gasteiger partial charge in [0.15, 0.2) is 9.84 Å². The average Bonchev–Trinajstić information content (AvgIpc) is 2.45.